The molecule has 0 aliphatic carbocycles. The van der Waals surface area contributed by atoms with Crippen LogP contribution < -0.4 is 19.9 Å². The molecule has 188 valence electrons. The van der Waals surface area contributed by atoms with Gasteiger partial charge in [0.1, 0.15) is 12.2 Å². The summed E-state index contributed by atoms with van der Waals surface area (Å²) in [6.07, 6.45) is -6.85. The molecule has 0 saturated heterocycles. The molecule has 0 fully saturated rings. The Morgan fingerprint density at radius 2 is 1.92 bits per heavy atom. The number of hydrogen-bond donors (Lipinski definition) is 0. The highest BCUT2D eigenvalue weighted by molar-refractivity contribution is 5.94. The largest absolute Gasteiger partial charge is 0.586 e. The van der Waals surface area contributed by atoms with E-state index in [4.69, 9.17) is 4.42 Å². The summed E-state index contributed by atoms with van der Waals surface area (Å²) in [6.45, 7) is -0.629. The second-order valence-electron chi connectivity index (χ2n) is 7.95. The van der Waals surface area contributed by atoms with Crippen molar-refractivity contribution in [2.24, 2.45) is 0 Å². The van der Waals surface area contributed by atoms with Crippen LogP contribution in [0.3, 0.4) is 0 Å². The lowest BCUT2D eigenvalue weighted by molar-refractivity contribution is -0.286. The van der Waals surface area contributed by atoms with Crippen LogP contribution in [0.4, 0.5) is 23.2 Å². The van der Waals surface area contributed by atoms with Gasteiger partial charge in [0, 0.05) is 24.4 Å². The molecule has 1 aliphatic heterocycles. The summed E-state index contributed by atoms with van der Waals surface area (Å²) >= 11 is 0. The van der Waals surface area contributed by atoms with E-state index in [0.29, 0.717) is 5.56 Å². The second kappa shape index (κ2) is 8.66. The van der Waals surface area contributed by atoms with Gasteiger partial charge in [-0.15, -0.1) is 8.78 Å². The number of halogens is 4. The van der Waals surface area contributed by atoms with E-state index < -0.39 is 36.5 Å². The number of nitriles is 1. The number of carbonyl (C=O) groups is 1. The molecule has 0 bridgehead atoms. The van der Waals surface area contributed by atoms with Crippen LogP contribution in [0.2, 0.25) is 0 Å². The van der Waals surface area contributed by atoms with Crippen molar-refractivity contribution in [2.75, 3.05) is 11.9 Å². The lowest BCUT2D eigenvalue weighted by Gasteiger charge is -2.18. The van der Waals surface area contributed by atoms with E-state index >= 15 is 0 Å². The number of hydrogen-bond acceptors (Lipinski definition) is 7. The normalized spacial score (nSPS) is 13.6. The van der Waals surface area contributed by atoms with Crippen LogP contribution in [-0.2, 0) is 11.3 Å². The van der Waals surface area contributed by atoms with Crippen LogP contribution >= 0.6 is 0 Å². The molecule has 0 saturated carbocycles. The number of aromatic nitrogens is 2. The molecule has 13 heteroatoms. The molecule has 2 aromatic heterocycles. The van der Waals surface area contributed by atoms with Crippen LogP contribution in [0.15, 0.2) is 57.7 Å². The maximum absolute atomic E-state index is 13.3. The highest BCUT2D eigenvalue weighted by atomic mass is 19.3. The van der Waals surface area contributed by atoms with E-state index in [-0.39, 0.29) is 39.4 Å². The predicted molar refractivity (Wildman–Crippen MR) is 119 cm³/mol. The van der Waals surface area contributed by atoms with E-state index in [1.807, 2.05) is 6.07 Å². The van der Waals surface area contributed by atoms with Crippen LogP contribution in [0.5, 0.6) is 11.5 Å². The number of amides is 1. The zero-order valence-electron chi connectivity index (χ0n) is 18.7. The molecular formula is C24H14F4N4O5. The zero-order chi connectivity index (χ0) is 26.5. The Bertz CT molecular complexity index is 1660. The van der Waals surface area contributed by atoms with Crippen LogP contribution in [0, 0.1) is 11.3 Å². The molecular weight excluding hydrogens is 500 g/mol. The Kier molecular flexibility index (Phi) is 5.59. The molecule has 5 rings (SSSR count). The number of alkyl halides is 4. The van der Waals surface area contributed by atoms with E-state index in [1.165, 1.54) is 37.4 Å². The number of anilines is 1. The van der Waals surface area contributed by atoms with Gasteiger partial charge in [-0.2, -0.15) is 10.4 Å². The summed E-state index contributed by atoms with van der Waals surface area (Å²) in [5.41, 5.74) is -0.411. The van der Waals surface area contributed by atoms with Crippen molar-refractivity contribution < 1.29 is 36.2 Å². The first-order valence-corrected chi connectivity index (χ1v) is 10.6. The Morgan fingerprint density at radius 1 is 1.16 bits per heavy atom. The SMILES string of the molecule is CN(C(=O)Cn1nc(-c2cccc(C#N)c2)c2oc(C(F)F)cc2c1=O)c1ccc2c(c1)OC(F)(F)O2. The zero-order valence-corrected chi connectivity index (χ0v) is 18.7. The van der Waals surface area contributed by atoms with Gasteiger partial charge in [-0.1, -0.05) is 12.1 Å². The maximum atomic E-state index is 13.3. The van der Waals surface area contributed by atoms with Gasteiger partial charge < -0.3 is 18.8 Å². The average Bonchev–Trinajstić information content (AvgIpc) is 3.45. The first-order chi connectivity index (χ1) is 17.6. The fourth-order valence-electron chi connectivity index (χ4n) is 3.76. The van der Waals surface area contributed by atoms with Crippen LogP contribution in [0.25, 0.3) is 22.2 Å². The number of benzene rings is 2. The molecule has 0 unspecified atom stereocenters. The van der Waals surface area contributed by atoms with Crippen molar-refractivity contribution in [3.8, 4) is 28.8 Å². The van der Waals surface area contributed by atoms with Crippen molar-refractivity contribution in [2.45, 2.75) is 19.3 Å². The predicted octanol–water partition coefficient (Wildman–Crippen LogP) is 4.45. The summed E-state index contributed by atoms with van der Waals surface area (Å²) in [4.78, 5) is 27.1. The molecule has 3 heterocycles. The third kappa shape index (κ3) is 4.33. The van der Waals surface area contributed by atoms with Gasteiger partial charge >= 0.3 is 6.29 Å². The van der Waals surface area contributed by atoms with Gasteiger partial charge in [-0.25, -0.2) is 13.5 Å². The van der Waals surface area contributed by atoms with Crippen LogP contribution in [-0.4, -0.2) is 29.0 Å². The standard InChI is InChI=1S/C24H14F4N4O5/c1-31(14-5-6-16-17(8-14)37-24(27,28)36-16)19(33)11-32-23(34)15-9-18(22(25)26)35-21(15)20(30-32)13-4-2-3-12(7-13)10-29/h2-9,22H,11H2,1H3. The monoisotopic (exact) mass is 514 g/mol. The first kappa shape index (κ1) is 23.9. The highest BCUT2D eigenvalue weighted by Gasteiger charge is 2.43. The van der Waals surface area contributed by atoms with Crippen molar-refractivity contribution in [1.29, 1.82) is 5.26 Å². The molecule has 1 aliphatic rings. The minimum absolute atomic E-state index is 0.0284. The number of furan rings is 1. The Morgan fingerprint density at radius 3 is 2.65 bits per heavy atom. The van der Waals surface area contributed by atoms with Gasteiger partial charge in [-0.3, -0.25) is 9.59 Å². The van der Waals surface area contributed by atoms with Gasteiger partial charge in [0.25, 0.3) is 12.0 Å². The quantitative estimate of drug-likeness (QED) is 0.362. The number of carbonyl (C=O) groups excluding carboxylic acids is 1. The Balaban J connectivity index is 1.54. The van der Waals surface area contributed by atoms with Crippen LogP contribution in [0.1, 0.15) is 17.7 Å². The molecule has 0 atom stereocenters. The molecule has 4 aromatic rings. The van der Waals surface area contributed by atoms with Crippen molar-refractivity contribution in [1.82, 2.24) is 9.78 Å². The van der Waals surface area contributed by atoms with Gasteiger partial charge in [0.05, 0.1) is 17.0 Å². The van der Waals surface area contributed by atoms with Gasteiger partial charge in [-0.05, 0) is 30.3 Å². The minimum Gasteiger partial charge on any atom is -0.452 e. The molecule has 0 N–H and O–H groups in total. The average molecular weight is 514 g/mol. The molecule has 2 aromatic carbocycles. The minimum atomic E-state index is -3.84. The third-order valence-corrected chi connectivity index (χ3v) is 5.56. The van der Waals surface area contributed by atoms with E-state index in [2.05, 4.69) is 14.6 Å². The Hall–Kier alpha value is -4.86. The van der Waals surface area contributed by atoms with Crippen molar-refractivity contribution >= 4 is 22.6 Å². The molecule has 0 radical (unpaired) electrons. The Labute approximate surface area is 204 Å². The van der Waals surface area contributed by atoms with Crippen molar-refractivity contribution in [3.63, 3.8) is 0 Å². The number of fused-ring (bicyclic) bond motifs is 2. The number of likely N-dealkylation sites (N-methyl/N-ethyl adjacent to an activating group) is 1. The molecule has 37 heavy (non-hydrogen) atoms. The maximum Gasteiger partial charge on any atom is 0.586 e. The number of ether oxygens (including phenoxy) is 2. The molecule has 9 nitrogen and oxygen atoms in total. The fraction of sp³-hybridized carbons (Fsp3) is 0.167. The topological polar surface area (TPSA) is 111 Å². The highest BCUT2D eigenvalue weighted by Crippen LogP contribution is 2.42. The number of nitrogens with zero attached hydrogens (tertiary/aromatic N) is 4. The summed E-state index contributed by atoms with van der Waals surface area (Å²) in [6, 6.07) is 12.6. The first-order valence-electron chi connectivity index (χ1n) is 10.6. The van der Waals surface area contributed by atoms with Gasteiger partial charge in [0.15, 0.2) is 22.8 Å². The summed E-state index contributed by atoms with van der Waals surface area (Å²) in [5, 5.41) is 13.2. The van der Waals surface area contributed by atoms with E-state index in [0.717, 1.165) is 21.7 Å². The van der Waals surface area contributed by atoms with Gasteiger partial charge in [0.2, 0.25) is 5.91 Å². The van der Waals surface area contributed by atoms with Crippen molar-refractivity contribution in [3.05, 3.63) is 70.2 Å². The van der Waals surface area contributed by atoms with E-state index in [1.54, 1.807) is 6.07 Å². The van der Waals surface area contributed by atoms with E-state index in [9.17, 15) is 32.4 Å². The second-order valence-corrected chi connectivity index (χ2v) is 7.95. The lowest BCUT2D eigenvalue weighted by atomic mass is 10.1. The molecule has 1 amide bonds. The summed E-state index contributed by atoms with van der Waals surface area (Å²) in [7, 11) is 1.34. The lowest BCUT2D eigenvalue weighted by Crippen LogP contribution is -2.35. The summed E-state index contributed by atoms with van der Waals surface area (Å²) in [5.74, 6) is -1.94. The third-order valence-electron chi connectivity index (χ3n) is 5.56. The molecule has 0 spiro atoms. The summed E-state index contributed by atoms with van der Waals surface area (Å²) < 4.78 is 68.1. The smallest absolute Gasteiger partial charge is 0.452 e. The number of rotatable bonds is 5. The fourth-order valence-corrected chi connectivity index (χ4v) is 3.76.